The van der Waals surface area contributed by atoms with Crippen molar-refractivity contribution < 1.29 is 4.74 Å². The molecule has 0 aromatic carbocycles. The van der Waals surface area contributed by atoms with Crippen molar-refractivity contribution in [1.29, 1.82) is 0 Å². The van der Waals surface area contributed by atoms with E-state index >= 15 is 0 Å². The van der Waals surface area contributed by atoms with Gasteiger partial charge in [-0.2, -0.15) is 0 Å². The largest absolute Gasteiger partial charge is 0.378 e. The molecule has 2 saturated carbocycles. The van der Waals surface area contributed by atoms with Crippen LogP contribution in [0.2, 0.25) is 0 Å². The Morgan fingerprint density at radius 3 is 2.67 bits per heavy atom. The fourth-order valence-electron chi connectivity index (χ4n) is 3.18. The van der Waals surface area contributed by atoms with E-state index in [2.05, 4.69) is 19.2 Å². The van der Waals surface area contributed by atoms with Gasteiger partial charge in [-0.3, -0.25) is 0 Å². The molecule has 2 aliphatic rings. The van der Waals surface area contributed by atoms with Gasteiger partial charge in [0, 0.05) is 18.1 Å². The number of rotatable bonds is 6. The summed E-state index contributed by atoms with van der Waals surface area (Å²) in [5, 5.41) is 3.72. The van der Waals surface area contributed by atoms with E-state index in [0.717, 1.165) is 12.6 Å². The summed E-state index contributed by atoms with van der Waals surface area (Å²) in [6, 6.07) is 0.759. The van der Waals surface area contributed by atoms with Gasteiger partial charge in [0.15, 0.2) is 0 Å². The van der Waals surface area contributed by atoms with Crippen molar-refractivity contribution in [1.82, 2.24) is 5.32 Å². The molecule has 0 aromatic heterocycles. The minimum Gasteiger partial charge on any atom is -0.378 e. The van der Waals surface area contributed by atoms with Crippen LogP contribution in [-0.2, 0) is 4.74 Å². The van der Waals surface area contributed by atoms with Gasteiger partial charge in [-0.1, -0.05) is 19.8 Å². The Bertz CT molecular complexity index is 199. The van der Waals surface area contributed by atoms with Gasteiger partial charge in [-0.25, -0.2) is 0 Å². The molecule has 1 spiro atoms. The highest BCUT2D eigenvalue weighted by molar-refractivity contribution is 5.11. The lowest BCUT2D eigenvalue weighted by atomic mass is 9.51. The third-order valence-corrected chi connectivity index (χ3v) is 4.36. The minimum absolute atomic E-state index is 0.545. The normalized spacial score (nSPS) is 32.4. The Labute approximate surface area is 93.8 Å². The summed E-state index contributed by atoms with van der Waals surface area (Å²) in [6.07, 6.45) is 8.61. The van der Waals surface area contributed by atoms with Crippen molar-refractivity contribution in [3.05, 3.63) is 0 Å². The summed E-state index contributed by atoms with van der Waals surface area (Å²) in [4.78, 5) is 0. The highest BCUT2D eigenvalue weighted by atomic mass is 16.5. The average molecular weight is 211 g/mol. The zero-order valence-electron chi connectivity index (χ0n) is 10.2. The molecule has 2 aliphatic carbocycles. The summed E-state index contributed by atoms with van der Waals surface area (Å²) in [7, 11) is 0. The van der Waals surface area contributed by atoms with Crippen molar-refractivity contribution >= 4 is 0 Å². The first-order valence-corrected chi connectivity index (χ1v) is 6.68. The van der Waals surface area contributed by atoms with Crippen LogP contribution in [0.5, 0.6) is 0 Å². The molecule has 0 bridgehead atoms. The van der Waals surface area contributed by atoms with Gasteiger partial charge in [0.25, 0.3) is 0 Å². The maximum absolute atomic E-state index is 5.83. The zero-order chi connectivity index (χ0) is 10.7. The van der Waals surface area contributed by atoms with Gasteiger partial charge < -0.3 is 10.1 Å². The number of ether oxygens (including phenoxy) is 1. The molecule has 2 unspecified atom stereocenters. The molecular formula is C13H25NO. The number of unbranched alkanes of at least 4 members (excludes halogenated alkanes) is 1. The highest BCUT2D eigenvalue weighted by Crippen LogP contribution is 2.57. The molecule has 2 rings (SSSR count). The SMILES string of the molecule is CCCCNC1CC(OCC)C12CCC2. The Kier molecular flexibility index (Phi) is 3.68. The fourth-order valence-corrected chi connectivity index (χ4v) is 3.18. The predicted molar refractivity (Wildman–Crippen MR) is 63.0 cm³/mol. The smallest absolute Gasteiger partial charge is 0.0661 e. The Morgan fingerprint density at radius 2 is 2.13 bits per heavy atom. The molecule has 88 valence electrons. The molecule has 0 aromatic rings. The van der Waals surface area contributed by atoms with Crippen molar-refractivity contribution in [2.45, 2.75) is 64.5 Å². The van der Waals surface area contributed by atoms with E-state index in [9.17, 15) is 0 Å². The minimum atomic E-state index is 0.545. The van der Waals surface area contributed by atoms with Crippen LogP contribution in [0.15, 0.2) is 0 Å². The second-order valence-corrected chi connectivity index (χ2v) is 5.13. The second kappa shape index (κ2) is 4.84. The summed E-state index contributed by atoms with van der Waals surface area (Å²) in [5.41, 5.74) is 0.545. The van der Waals surface area contributed by atoms with Crippen LogP contribution in [0.1, 0.15) is 52.4 Å². The van der Waals surface area contributed by atoms with Crippen LogP contribution >= 0.6 is 0 Å². The van der Waals surface area contributed by atoms with Gasteiger partial charge in [-0.05, 0) is 39.2 Å². The highest BCUT2D eigenvalue weighted by Gasteiger charge is 2.58. The molecule has 2 fully saturated rings. The van der Waals surface area contributed by atoms with E-state index in [0.29, 0.717) is 11.5 Å². The monoisotopic (exact) mass is 211 g/mol. The van der Waals surface area contributed by atoms with Gasteiger partial charge in [0.1, 0.15) is 0 Å². The lowest BCUT2D eigenvalue weighted by molar-refractivity contribution is -0.172. The maximum atomic E-state index is 5.83. The van der Waals surface area contributed by atoms with Crippen LogP contribution in [-0.4, -0.2) is 25.3 Å². The fraction of sp³-hybridized carbons (Fsp3) is 1.00. The molecule has 1 N–H and O–H groups in total. The molecular weight excluding hydrogens is 186 g/mol. The molecule has 15 heavy (non-hydrogen) atoms. The third kappa shape index (κ3) is 1.94. The Balaban J connectivity index is 1.77. The Hall–Kier alpha value is -0.0800. The summed E-state index contributed by atoms with van der Waals surface area (Å²) >= 11 is 0. The predicted octanol–water partition coefficient (Wildman–Crippen LogP) is 2.72. The van der Waals surface area contributed by atoms with Gasteiger partial charge in [-0.15, -0.1) is 0 Å². The van der Waals surface area contributed by atoms with Crippen LogP contribution in [0.4, 0.5) is 0 Å². The van der Waals surface area contributed by atoms with E-state index < -0.39 is 0 Å². The topological polar surface area (TPSA) is 21.3 Å². The molecule has 2 heteroatoms. The van der Waals surface area contributed by atoms with Crippen molar-refractivity contribution in [2.24, 2.45) is 5.41 Å². The second-order valence-electron chi connectivity index (χ2n) is 5.13. The summed E-state index contributed by atoms with van der Waals surface area (Å²) in [6.45, 7) is 6.45. The Morgan fingerprint density at radius 1 is 1.33 bits per heavy atom. The number of hydrogen-bond acceptors (Lipinski definition) is 2. The summed E-state index contributed by atoms with van der Waals surface area (Å²) in [5.74, 6) is 0. The summed E-state index contributed by atoms with van der Waals surface area (Å²) < 4.78 is 5.83. The zero-order valence-corrected chi connectivity index (χ0v) is 10.2. The molecule has 0 radical (unpaired) electrons. The van der Waals surface area contributed by atoms with Gasteiger partial charge in [0.05, 0.1) is 6.10 Å². The van der Waals surface area contributed by atoms with E-state index in [1.807, 2.05) is 0 Å². The van der Waals surface area contributed by atoms with Crippen molar-refractivity contribution in [2.75, 3.05) is 13.2 Å². The van der Waals surface area contributed by atoms with Crippen LogP contribution in [0.3, 0.4) is 0 Å². The number of nitrogens with one attached hydrogen (secondary N) is 1. The molecule has 0 saturated heterocycles. The quantitative estimate of drug-likeness (QED) is 0.682. The van der Waals surface area contributed by atoms with Crippen LogP contribution in [0.25, 0.3) is 0 Å². The average Bonchev–Trinajstić information content (AvgIpc) is 2.12. The molecule has 0 aliphatic heterocycles. The first-order chi connectivity index (χ1) is 7.33. The first-order valence-electron chi connectivity index (χ1n) is 6.68. The van der Waals surface area contributed by atoms with E-state index in [-0.39, 0.29) is 0 Å². The number of hydrogen-bond donors (Lipinski definition) is 1. The molecule has 2 atom stereocenters. The van der Waals surface area contributed by atoms with Crippen LogP contribution < -0.4 is 5.32 Å². The molecule has 0 amide bonds. The van der Waals surface area contributed by atoms with Crippen LogP contribution in [0, 0.1) is 5.41 Å². The van der Waals surface area contributed by atoms with Gasteiger partial charge >= 0.3 is 0 Å². The standard InChI is InChI=1S/C13H25NO/c1-3-5-9-14-11-10-12(15-4-2)13(11)7-6-8-13/h11-12,14H,3-10H2,1-2H3. The molecule has 0 heterocycles. The van der Waals surface area contributed by atoms with Crippen molar-refractivity contribution in [3.8, 4) is 0 Å². The van der Waals surface area contributed by atoms with E-state index in [1.165, 1.54) is 45.1 Å². The first kappa shape index (κ1) is 11.4. The van der Waals surface area contributed by atoms with E-state index in [4.69, 9.17) is 4.74 Å². The molecule has 2 nitrogen and oxygen atoms in total. The lowest BCUT2D eigenvalue weighted by Crippen LogP contribution is -2.66. The van der Waals surface area contributed by atoms with Crippen molar-refractivity contribution in [3.63, 3.8) is 0 Å². The van der Waals surface area contributed by atoms with Gasteiger partial charge in [0.2, 0.25) is 0 Å². The van der Waals surface area contributed by atoms with E-state index in [1.54, 1.807) is 0 Å². The third-order valence-electron chi connectivity index (χ3n) is 4.36. The maximum Gasteiger partial charge on any atom is 0.0661 e. The lowest BCUT2D eigenvalue weighted by Gasteiger charge is -2.61.